The van der Waals surface area contributed by atoms with Crippen LogP contribution >= 0.6 is 0 Å². The van der Waals surface area contributed by atoms with Crippen LogP contribution in [-0.2, 0) is 11.3 Å². The molecule has 62 valence electrons. The van der Waals surface area contributed by atoms with Gasteiger partial charge in [0.05, 0.1) is 13.2 Å². The van der Waals surface area contributed by atoms with Gasteiger partial charge in [0, 0.05) is 12.6 Å². The highest BCUT2D eigenvalue weighted by molar-refractivity contribution is 5.01. The van der Waals surface area contributed by atoms with Crippen molar-refractivity contribution in [2.24, 2.45) is 5.73 Å². The van der Waals surface area contributed by atoms with Gasteiger partial charge in [-0.2, -0.15) is 0 Å². The molecule has 0 aliphatic carbocycles. The van der Waals surface area contributed by atoms with Gasteiger partial charge in [-0.25, -0.2) is 0 Å². The van der Waals surface area contributed by atoms with Gasteiger partial charge in [-0.15, -0.1) is 0 Å². The predicted octanol–water partition coefficient (Wildman–Crippen LogP) is 0.458. The minimum Gasteiger partial charge on any atom is -0.374 e. The monoisotopic (exact) mass is 156 g/mol. The van der Waals surface area contributed by atoms with E-state index in [4.69, 9.17) is 15.0 Å². The molecule has 0 fully saturated rings. The van der Waals surface area contributed by atoms with Gasteiger partial charge in [-0.3, -0.25) is 0 Å². The molecule has 4 nitrogen and oxygen atoms in total. The summed E-state index contributed by atoms with van der Waals surface area (Å²) in [5.74, 6) is 0.802. The molecule has 0 spiro atoms. The molecule has 1 heterocycles. The molecule has 0 radical (unpaired) electrons. The van der Waals surface area contributed by atoms with Gasteiger partial charge in [-0.05, 0) is 6.92 Å². The Labute approximate surface area is 65.3 Å². The Kier molecular flexibility index (Phi) is 3.07. The third-order valence-electron chi connectivity index (χ3n) is 1.19. The van der Waals surface area contributed by atoms with Crippen LogP contribution in [0.15, 0.2) is 10.6 Å². The highest BCUT2D eigenvalue weighted by Crippen LogP contribution is 2.02. The van der Waals surface area contributed by atoms with Gasteiger partial charge in [0.1, 0.15) is 11.5 Å². The molecule has 1 rings (SSSR count). The topological polar surface area (TPSA) is 61.3 Å². The summed E-state index contributed by atoms with van der Waals surface area (Å²) in [5, 5.41) is 3.75. The highest BCUT2D eigenvalue weighted by Gasteiger charge is 1.98. The summed E-state index contributed by atoms with van der Waals surface area (Å²) in [7, 11) is 0. The van der Waals surface area contributed by atoms with Crippen molar-refractivity contribution < 1.29 is 9.26 Å². The standard InChI is InChI=1S/C7H12N2O2/c1-6-4-7(9-11-6)5-10-3-2-8/h4H,2-3,5,8H2,1H3. The maximum atomic E-state index is 5.23. The van der Waals surface area contributed by atoms with Crippen LogP contribution in [0.5, 0.6) is 0 Å². The lowest BCUT2D eigenvalue weighted by molar-refractivity contribution is 0.123. The molecule has 0 bridgehead atoms. The number of aryl methyl sites for hydroxylation is 1. The smallest absolute Gasteiger partial charge is 0.134 e. The van der Waals surface area contributed by atoms with Crippen LogP contribution in [0, 0.1) is 6.92 Å². The van der Waals surface area contributed by atoms with Crippen molar-refractivity contribution in [2.45, 2.75) is 13.5 Å². The molecule has 0 aliphatic rings. The minimum atomic E-state index is 0.481. The summed E-state index contributed by atoms with van der Waals surface area (Å²) in [5.41, 5.74) is 6.04. The zero-order chi connectivity index (χ0) is 8.10. The summed E-state index contributed by atoms with van der Waals surface area (Å²) in [6.07, 6.45) is 0. The first kappa shape index (κ1) is 8.23. The second kappa shape index (κ2) is 4.10. The van der Waals surface area contributed by atoms with Crippen LogP contribution < -0.4 is 5.73 Å². The van der Waals surface area contributed by atoms with Gasteiger partial charge in [-0.1, -0.05) is 5.16 Å². The molecular weight excluding hydrogens is 144 g/mol. The minimum absolute atomic E-state index is 0.481. The summed E-state index contributed by atoms with van der Waals surface area (Å²) in [4.78, 5) is 0. The quantitative estimate of drug-likeness (QED) is 0.643. The Morgan fingerprint density at radius 1 is 1.73 bits per heavy atom. The van der Waals surface area contributed by atoms with E-state index < -0.39 is 0 Å². The lowest BCUT2D eigenvalue weighted by atomic mass is 10.4. The van der Waals surface area contributed by atoms with Gasteiger partial charge >= 0.3 is 0 Å². The fourth-order valence-corrected chi connectivity index (χ4v) is 0.746. The van der Waals surface area contributed by atoms with E-state index >= 15 is 0 Å². The van der Waals surface area contributed by atoms with Crippen LogP contribution in [0.25, 0.3) is 0 Å². The number of ether oxygens (including phenoxy) is 1. The van der Waals surface area contributed by atoms with Crippen LogP contribution in [0.2, 0.25) is 0 Å². The molecular formula is C7H12N2O2. The first-order chi connectivity index (χ1) is 5.33. The SMILES string of the molecule is Cc1cc(COCCN)no1. The average molecular weight is 156 g/mol. The van der Waals surface area contributed by atoms with Crippen molar-refractivity contribution in [3.63, 3.8) is 0 Å². The van der Waals surface area contributed by atoms with Crippen molar-refractivity contribution in [2.75, 3.05) is 13.2 Å². The van der Waals surface area contributed by atoms with Gasteiger partial charge < -0.3 is 15.0 Å². The number of hydrogen-bond donors (Lipinski definition) is 1. The molecule has 1 aromatic rings. The Morgan fingerprint density at radius 2 is 2.55 bits per heavy atom. The number of hydrogen-bond acceptors (Lipinski definition) is 4. The molecule has 0 aliphatic heterocycles. The Balaban J connectivity index is 2.27. The van der Waals surface area contributed by atoms with E-state index in [-0.39, 0.29) is 0 Å². The second-order valence-electron chi connectivity index (χ2n) is 2.27. The first-order valence-electron chi connectivity index (χ1n) is 3.53. The van der Waals surface area contributed by atoms with E-state index in [9.17, 15) is 0 Å². The van der Waals surface area contributed by atoms with Crippen molar-refractivity contribution in [1.82, 2.24) is 5.16 Å². The van der Waals surface area contributed by atoms with Gasteiger partial charge in [0.25, 0.3) is 0 Å². The van der Waals surface area contributed by atoms with E-state index in [1.165, 1.54) is 0 Å². The largest absolute Gasteiger partial charge is 0.374 e. The fourth-order valence-electron chi connectivity index (χ4n) is 0.746. The summed E-state index contributed by atoms with van der Waals surface area (Å²) >= 11 is 0. The molecule has 0 aromatic carbocycles. The zero-order valence-corrected chi connectivity index (χ0v) is 6.54. The molecule has 4 heteroatoms. The first-order valence-corrected chi connectivity index (χ1v) is 3.53. The molecule has 0 saturated carbocycles. The summed E-state index contributed by atoms with van der Waals surface area (Å²) < 4.78 is 9.97. The molecule has 11 heavy (non-hydrogen) atoms. The van der Waals surface area contributed by atoms with Crippen molar-refractivity contribution in [3.8, 4) is 0 Å². The predicted molar refractivity (Wildman–Crippen MR) is 40.0 cm³/mol. The Bertz CT molecular complexity index is 210. The number of rotatable bonds is 4. The average Bonchev–Trinajstić information content (AvgIpc) is 2.37. The highest BCUT2D eigenvalue weighted by atomic mass is 16.5. The van der Waals surface area contributed by atoms with Crippen LogP contribution in [-0.4, -0.2) is 18.3 Å². The summed E-state index contributed by atoms with van der Waals surface area (Å²) in [6.45, 7) is 3.43. The second-order valence-corrected chi connectivity index (χ2v) is 2.27. The maximum absolute atomic E-state index is 5.23. The maximum Gasteiger partial charge on any atom is 0.134 e. The van der Waals surface area contributed by atoms with Gasteiger partial charge in [0.15, 0.2) is 0 Å². The third kappa shape index (κ3) is 2.69. The Hall–Kier alpha value is -0.870. The summed E-state index contributed by atoms with van der Waals surface area (Å²) in [6, 6.07) is 1.84. The molecule has 0 unspecified atom stereocenters. The van der Waals surface area contributed by atoms with E-state index in [0.717, 1.165) is 11.5 Å². The zero-order valence-electron chi connectivity index (χ0n) is 6.54. The van der Waals surface area contributed by atoms with E-state index in [1.807, 2.05) is 13.0 Å². The van der Waals surface area contributed by atoms with E-state index in [1.54, 1.807) is 0 Å². The van der Waals surface area contributed by atoms with Crippen LogP contribution in [0.1, 0.15) is 11.5 Å². The van der Waals surface area contributed by atoms with Crippen molar-refractivity contribution >= 4 is 0 Å². The van der Waals surface area contributed by atoms with Crippen molar-refractivity contribution in [3.05, 3.63) is 17.5 Å². The lowest BCUT2D eigenvalue weighted by Crippen LogP contribution is -2.08. The molecule has 0 saturated heterocycles. The Morgan fingerprint density at radius 3 is 3.09 bits per heavy atom. The molecule has 0 amide bonds. The number of nitrogens with two attached hydrogens (primary N) is 1. The van der Waals surface area contributed by atoms with Crippen LogP contribution in [0.4, 0.5) is 0 Å². The molecule has 1 aromatic heterocycles. The lowest BCUT2D eigenvalue weighted by Gasteiger charge is -1.96. The molecule has 0 atom stereocenters. The van der Waals surface area contributed by atoms with Gasteiger partial charge in [0.2, 0.25) is 0 Å². The van der Waals surface area contributed by atoms with Crippen molar-refractivity contribution in [1.29, 1.82) is 0 Å². The van der Waals surface area contributed by atoms with E-state index in [0.29, 0.717) is 19.8 Å². The third-order valence-corrected chi connectivity index (χ3v) is 1.19. The number of nitrogens with zero attached hydrogens (tertiary/aromatic N) is 1. The normalized spacial score (nSPS) is 10.4. The number of aromatic nitrogens is 1. The fraction of sp³-hybridized carbons (Fsp3) is 0.571. The van der Waals surface area contributed by atoms with Crippen LogP contribution in [0.3, 0.4) is 0 Å². The van der Waals surface area contributed by atoms with E-state index in [2.05, 4.69) is 5.16 Å². The molecule has 2 N–H and O–H groups in total.